The third-order valence-electron chi connectivity index (χ3n) is 3.83. The zero-order valence-corrected chi connectivity index (χ0v) is 13.4. The maximum atomic E-state index is 13.3. The summed E-state index contributed by atoms with van der Waals surface area (Å²) in [5, 5.41) is 0.0806. The molecule has 2 aromatic rings. The van der Waals surface area contributed by atoms with E-state index in [0.717, 1.165) is 16.9 Å². The van der Waals surface area contributed by atoms with E-state index < -0.39 is 10.2 Å². The van der Waals surface area contributed by atoms with Crippen molar-refractivity contribution in [1.29, 1.82) is 0 Å². The van der Waals surface area contributed by atoms with Gasteiger partial charge in [-0.25, -0.2) is 4.39 Å². The summed E-state index contributed by atoms with van der Waals surface area (Å²) >= 11 is 18.6. The minimum Gasteiger partial charge on any atom is -0.497 e. The lowest BCUT2D eigenvalue weighted by molar-refractivity contribution is 0.414. The van der Waals surface area contributed by atoms with Crippen LogP contribution in [-0.2, 0) is 0 Å². The standard InChI is InChI=1S/C16H12Cl3FO/c1-21-11-5-2-9(3-6-11)14-15(16(14,18)19)10-4-7-13(20)12(17)8-10/h2-8,14-15H,1H3. The number of hydrogen-bond acceptors (Lipinski definition) is 1. The molecule has 2 atom stereocenters. The molecule has 0 amide bonds. The smallest absolute Gasteiger partial charge is 0.141 e. The Labute approximate surface area is 137 Å². The molecular weight excluding hydrogens is 334 g/mol. The predicted octanol–water partition coefficient (Wildman–Crippen LogP) is 5.54. The van der Waals surface area contributed by atoms with Gasteiger partial charge in [-0.05, 0) is 35.4 Å². The van der Waals surface area contributed by atoms with Gasteiger partial charge < -0.3 is 4.74 Å². The predicted molar refractivity (Wildman–Crippen MR) is 84.3 cm³/mol. The quantitative estimate of drug-likeness (QED) is 0.663. The first kappa shape index (κ1) is 15.0. The summed E-state index contributed by atoms with van der Waals surface area (Å²) in [4.78, 5) is 0. The van der Waals surface area contributed by atoms with Crippen LogP contribution in [0, 0.1) is 5.82 Å². The van der Waals surface area contributed by atoms with Gasteiger partial charge in [0.05, 0.1) is 12.1 Å². The van der Waals surface area contributed by atoms with Crippen molar-refractivity contribution in [1.82, 2.24) is 0 Å². The average Bonchev–Trinajstić information content (AvgIpc) is 3.04. The summed E-state index contributed by atoms with van der Waals surface area (Å²) in [6.07, 6.45) is 0. The molecule has 1 saturated carbocycles. The van der Waals surface area contributed by atoms with Crippen molar-refractivity contribution in [2.45, 2.75) is 16.2 Å². The van der Waals surface area contributed by atoms with Crippen molar-refractivity contribution in [3.63, 3.8) is 0 Å². The normalized spacial score (nSPS) is 22.9. The van der Waals surface area contributed by atoms with Crippen molar-refractivity contribution in [3.8, 4) is 5.75 Å². The minimum atomic E-state index is -0.907. The topological polar surface area (TPSA) is 9.23 Å². The van der Waals surface area contributed by atoms with E-state index in [9.17, 15) is 4.39 Å². The van der Waals surface area contributed by atoms with Gasteiger partial charge in [-0.3, -0.25) is 0 Å². The Morgan fingerprint density at radius 1 is 1.00 bits per heavy atom. The third-order valence-corrected chi connectivity index (χ3v) is 5.06. The van der Waals surface area contributed by atoms with Crippen LogP contribution in [0.5, 0.6) is 5.75 Å². The minimum absolute atomic E-state index is 0.0479. The van der Waals surface area contributed by atoms with Gasteiger partial charge in [0.2, 0.25) is 0 Å². The number of ether oxygens (including phenoxy) is 1. The Morgan fingerprint density at radius 2 is 1.57 bits per heavy atom. The second-order valence-corrected chi connectivity index (χ2v) is 6.93. The van der Waals surface area contributed by atoms with Crippen LogP contribution in [0.3, 0.4) is 0 Å². The molecule has 1 nitrogen and oxygen atoms in total. The summed E-state index contributed by atoms with van der Waals surface area (Å²) in [6.45, 7) is 0. The van der Waals surface area contributed by atoms with E-state index in [2.05, 4.69) is 0 Å². The second kappa shape index (κ2) is 5.35. The zero-order valence-electron chi connectivity index (χ0n) is 11.1. The van der Waals surface area contributed by atoms with Crippen LogP contribution in [-0.4, -0.2) is 11.4 Å². The van der Waals surface area contributed by atoms with Crippen molar-refractivity contribution in [3.05, 3.63) is 64.4 Å². The lowest BCUT2D eigenvalue weighted by Gasteiger charge is -2.03. The molecule has 0 N–H and O–H groups in total. The fourth-order valence-electron chi connectivity index (χ4n) is 2.67. The van der Waals surface area contributed by atoms with Gasteiger partial charge in [0.15, 0.2) is 0 Å². The van der Waals surface area contributed by atoms with Crippen LogP contribution < -0.4 is 4.74 Å². The highest BCUT2D eigenvalue weighted by atomic mass is 35.5. The Hall–Kier alpha value is -0.960. The molecule has 0 radical (unpaired) electrons. The largest absolute Gasteiger partial charge is 0.497 e. The van der Waals surface area contributed by atoms with E-state index in [0.29, 0.717) is 0 Å². The summed E-state index contributed by atoms with van der Waals surface area (Å²) in [6, 6.07) is 12.2. The summed E-state index contributed by atoms with van der Waals surface area (Å²) < 4.78 is 17.5. The van der Waals surface area contributed by atoms with Gasteiger partial charge in [0, 0.05) is 11.8 Å². The lowest BCUT2D eigenvalue weighted by Crippen LogP contribution is -1.91. The Morgan fingerprint density at radius 3 is 2.14 bits per heavy atom. The molecule has 0 spiro atoms. The molecule has 0 aliphatic heterocycles. The Bertz CT molecular complexity index is 670. The Balaban J connectivity index is 1.91. The molecule has 2 unspecified atom stereocenters. The third kappa shape index (κ3) is 2.61. The monoisotopic (exact) mass is 344 g/mol. The van der Waals surface area contributed by atoms with Gasteiger partial charge in [0.1, 0.15) is 15.9 Å². The van der Waals surface area contributed by atoms with Crippen LogP contribution >= 0.6 is 34.8 Å². The van der Waals surface area contributed by atoms with Crippen molar-refractivity contribution in [2.24, 2.45) is 0 Å². The molecule has 1 aliphatic rings. The second-order valence-electron chi connectivity index (χ2n) is 5.08. The molecule has 0 bridgehead atoms. The highest BCUT2D eigenvalue weighted by Crippen LogP contribution is 2.70. The fourth-order valence-corrected chi connectivity index (χ4v) is 3.74. The number of halogens is 4. The van der Waals surface area contributed by atoms with Gasteiger partial charge >= 0.3 is 0 Å². The van der Waals surface area contributed by atoms with E-state index in [1.165, 1.54) is 6.07 Å². The maximum Gasteiger partial charge on any atom is 0.141 e. The highest BCUT2D eigenvalue weighted by Gasteiger charge is 2.64. The van der Waals surface area contributed by atoms with E-state index in [1.807, 2.05) is 24.3 Å². The fraction of sp³-hybridized carbons (Fsp3) is 0.250. The van der Waals surface area contributed by atoms with Crippen LogP contribution in [0.15, 0.2) is 42.5 Å². The lowest BCUT2D eigenvalue weighted by atomic mass is 10.0. The number of hydrogen-bond donors (Lipinski definition) is 0. The van der Waals surface area contributed by atoms with E-state index in [-0.39, 0.29) is 16.9 Å². The van der Waals surface area contributed by atoms with Crippen molar-refractivity contribution in [2.75, 3.05) is 7.11 Å². The number of rotatable bonds is 3. The number of benzene rings is 2. The molecular formula is C16H12Cl3FO. The molecule has 5 heteroatoms. The summed E-state index contributed by atoms with van der Waals surface area (Å²) in [5.74, 6) is 0.174. The number of methoxy groups -OCH3 is 1. The van der Waals surface area contributed by atoms with Gasteiger partial charge in [0.25, 0.3) is 0 Å². The number of alkyl halides is 2. The molecule has 21 heavy (non-hydrogen) atoms. The van der Waals surface area contributed by atoms with E-state index >= 15 is 0 Å². The Kier molecular flexibility index (Phi) is 3.81. The molecule has 0 saturated heterocycles. The first-order chi connectivity index (χ1) is 9.95. The average molecular weight is 346 g/mol. The van der Waals surface area contributed by atoms with Gasteiger partial charge in [-0.2, -0.15) is 0 Å². The maximum absolute atomic E-state index is 13.3. The molecule has 0 heterocycles. The highest BCUT2D eigenvalue weighted by molar-refractivity contribution is 6.52. The molecule has 1 aliphatic carbocycles. The van der Waals surface area contributed by atoms with Gasteiger partial charge in [-0.15, -0.1) is 23.2 Å². The summed E-state index contributed by atoms with van der Waals surface area (Å²) in [5.41, 5.74) is 1.86. The van der Waals surface area contributed by atoms with Crippen LogP contribution in [0.25, 0.3) is 0 Å². The molecule has 110 valence electrons. The van der Waals surface area contributed by atoms with Crippen molar-refractivity contribution >= 4 is 34.8 Å². The van der Waals surface area contributed by atoms with E-state index in [4.69, 9.17) is 39.5 Å². The first-order valence-corrected chi connectivity index (χ1v) is 7.55. The van der Waals surface area contributed by atoms with Gasteiger partial charge in [-0.1, -0.05) is 29.8 Å². The van der Waals surface area contributed by atoms with E-state index in [1.54, 1.807) is 19.2 Å². The van der Waals surface area contributed by atoms with Crippen LogP contribution in [0.4, 0.5) is 4.39 Å². The molecule has 3 rings (SSSR count). The molecule has 0 aromatic heterocycles. The summed E-state index contributed by atoms with van der Waals surface area (Å²) in [7, 11) is 1.61. The zero-order chi connectivity index (χ0) is 15.2. The molecule has 2 aromatic carbocycles. The molecule has 1 fully saturated rings. The van der Waals surface area contributed by atoms with Crippen molar-refractivity contribution < 1.29 is 9.13 Å². The van der Waals surface area contributed by atoms with Crippen LogP contribution in [0.1, 0.15) is 23.0 Å². The first-order valence-electron chi connectivity index (χ1n) is 6.42. The van der Waals surface area contributed by atoms with Crippen LogP contribution in [0.2, 0.25) is 5.02 Å². The SMILES string of the molecule is COc1ccc(C2C(c3ccc(F)c(Cl)c3)C2(Cl)Cl)cc1.